The summed E-state index contributed by atoms with van der Waals surface area (Å²) in [7, 11) is 1.56. The first-order chi connectivity index (χ1) is 10.3. The molecule has 0 radical (unpaired) electrons. The number of aromatic nitrogens is 2. The zero-order valence-corrected chi connectivity index (χ0v) is 13.9. The molecule has 118 valence electrons. The third-order valence-corrected chi connectivity index (χ3v) is 4.54. The lowest BCUT2D eigenvalue weighted by molar-refractivity contribution is 0.588. The van der Waals surface area contributed by atoms with Gasteiger partial charge in [0.2, 0.25) is 10.0 Å². The highest BCUT2D eigenvalue weighted by Gasteiger charge is 2.15. The molecule has 0 spiro atoms. The van der Waals surface area contributed by atoms with Crippen molar-refractivity contribution in [2.45, 2.75) is 4.90 Å². The minimum absolute atomic E-state index is 0.156. The van der Waals surface area contributed by atoms with Crippen LogP contribution in [0.15, 0.2) is 35.5 Å². The van der Waals surface area contributed by atoms with E-state index in [1.807, 2.05) is 19.0 Å². The van der Waals surface area contributed by atoms with E-state index >= 15 is 0 Å². The largest absolute Gasteiger partial charge is 0.376 e. The zero-order chi connectivity index (χ0) is 16.3. The molecule has 0 amide bonds. The Balaban J connectivity index is 2.49. The van der Waals surface area contributed by atoms with E-state index in [0.29, 0.717) is 16.7 Å². The van der Waals surface area contributed by atoms with Gasteiger partial charge in [0.1, 0.15) is 17.3 Å². The number of halogens is 1. The summed E-state index contributed by atoms with van der Waals surface area (Å²) in [5.74, 6) is 0.474. The van der Waals surface area contributed by atoms with Crippen molar-refractivity contribution >= 4 is 38.8 Å². The molecule has 1 aromatic heterocycles. The molecule has 0 atom stereocenters. The van der Waals surface area contributed by atoms with Gasteiger partial charge in [-0.2, -0.15) is 0 Å². The van der Waals surface area contributed by atoms with Gasteiger partial charge in [0.15, 0.2) is 0 Å². The van der Waals surface area contributed by atoms with Crippen molar-refractivity contribution in [3.63, 3.8) is 0 Å². The molecule has 2 N–H and O–H groups in total. The van der Waals surface area contributed by atoms with E-state index in [1.165, 1.54) is 19.4 Å². The van der Waals surface area contributed by atoms with Gasteiger partial charge in [0.25, 0.3) is 0 Å². The SMILES string of the molecule is CNS(=O)(=O)c1ccc(N(C)C)c(Nc2cc(Cl)ncn2)c1. The lowest BCUT2D eigenvalue weighted by atomic mass is 10.2. The quantitative estimate of drug-likeness (QED) is 0.807. The predicted molar refractivity (Wildman–Crippen MR) is 87.3 cm³/mol. The predicted octanol–water partition coefficient (Wildman–Crippen LogP) is 1.85. The van der Waals surface area contributed by atoms with Gasteiger partial charge in [-0.05, 0) is 25.2 Å². The number of sulfonamides is 1. The molecular weight excluding hydrogens is 326 g/mol. The van der Waals surface area contributed by atoms with Crippen LogP contribution >= 0.6 is 11.6 Å². The van der Waals surface area contributed by atoms with Crippen LogP contribution in [0.1, 0.15) is 0 Å². The summed E-state index contributed by atoms with van der Waals surface area (Å²) in [5, 5.41) is 3.36. The minimum Gasteiger partial charge on any atom is -0.376 e. The summed E-state index contributed by atoms with van der Waals surface area (Å²) in [6.07, 6.45) is 1.33. The Hall–Kier alpha value is -1.90. The molecule has 0 fully saturated rings. The fraction of sp³-hybridized carbons (Fsp3) is 0.231. The molecule has 0 unspecified atom stereocenters. The van der Waals surface area contributed by atoms with Gasteiger partial charge < -0.3 is 10.2 Å². The van der Waals surface area contributed by atoms with Crippen molar-refractivity contribution < 1.29 is 8.42 Å². The van der Waals surface area contributed by atoms with Crippen molar-refractivity contribution in [1.29, 1.82) is 0 Å². The highest BCUT2D eigenvalue weighted by molar-refractivity contribution is 7.89. The Labute approximate surface area is 134 Å². The van der Waals surface area contributed by atoms with Crippen molar-refractivity contribution in [2.24, 2.45) is 0 Å². The van der Waals surface area contributed by atoms with Gasteiger partial charge in [-0.1, -0.05) is 11.6 Å². The molecule has 0 aliphatic rings. The summed E-state index contributed by atoms with van der Waals surface area (Å²) >= 11 is 5.83. The maximum absolute atomic E-state index is 11.9. The van der Waals surface area contributed by atoms with Crippen LogP contribution in [-0.4, -0.2) is 39.5 Å². The van der Waals surface area contributed by atoms with E-state index in [9.17, 15) is 8.42 Å². The van der Waals surface area contributed by atoms with Crippen LogP contribution < -0.4 is 14.9 Å². The second-order valence-corrected chi connectivity index (χ2v) is 6.91. The van der Waals surface area contributed by atoms with Gasteiger partial charge in [-0.15, -0.1) is 0 Å². The molecule has 1 aromatic carbocycles. The number of benzene rings is 1. The summed E-state index contributed by atoms with van der Waals surface area (Å²) < 4.78 is 26.2. The van der Waals surface area contributed by atoms with Crippen molar-refractivity contribution in [3.8, 4) is 0 Å². The molecule has 0 saturated heterocycles. The topological polar surface area (TPSA) is 87.2 Å². The molecular formula is C13H16ClN5O2S. The Bertz CT molecular complexity index is 780. The maximum atomic E-state index is 11.9. The lowest BCUT2D eigenvalue weighted by Gasteiger charge is -2.19. The third kappa shape index (κ3) is 3.65. The van der Waals surface area contributed by atoms with Crippen LogP contribution in [0.4, 0.5) is 17.2 Å². The Morgan fingerprint density at radius 2 is 1.91 bits per heavy atom. The Morgan fingerprint density at radius 3 is 2.50 bits per heavy atom. The Kier molecular flexibility index (Phi) is 4.84. The molecule has 0 aliphatic heterocycles. The van der Waals surface area contributed by atoms with E-state index in [4.69, 9.17) is 11.6 Å². The normalized spacial score (nSPS) is 11.3. The maximum Gasteiger partial charge on any atom is 0.240 e. The standard InChI is InChI=1S/C13H16ClN5O2S/c1-15-22(20,21)9-4-5-11(19(2)3)10(6-9)18-13-7-12(14)16-8-17-13/h4-8,15H,1-3H3,(H,16,17,18). The number of nitrogens with one attached hydrogen (secondary N) is 2. The first-order valence-corrected chi connectivity index (χ1v) is 8.19. The van der Waals surface area contributed by atoms with Gasteiger partial charge in [-0.3, -0.25) is 0 Å². The number of rotatable bonds is 5. The van der Waals surface area contributed by atoms with E-state index in [0.717, 1.165) is 5.69 Å². The Morgan fingerprint density at radius 1 is 1.18 bits per heavy atom. The fourth-order valence-electron chi connectivity index (χ4n) is 1.83. The third-order valence-electron chi connectivity index (χ3n) is 2.93. The molecule has 7 nitrogen and oxygen atoms in total. The average Bonchev–Trinajstić information content (AvgIpc) is 2.47. The van der Waals surface area contributed by atoms with Gasteiger partial charge in [-0.25, -0.2) is 23.1 Å². The monoisotopic (exact) mass is 341 g/mol. The molecule has 1 heterocycles. The molecule has 2 rings (SSSR count). The highest BCUT2D eigenvalue weighted by atomic mass is 35.5. The van der Waals surface area contributed by atoms with E-state index < -0.39 is 10.0 Å². The lowest BCUT2D eigenvalue weighted by Crippen LogP contribution is -2.19. The molecule has 2 aromatic rings. The number of nitrogens with zero attached hydrogens (tertiary/aromatic N) is 3. The van der Waals surface area contributed by atoms with Crippen LogP contribution in [0.5, 0.6) is 0 Å². The molecule has 0 aliphatic carbocycles. The molecule has 9 heteroatoms. The minimum atomic E-state index is -3.53. The molecule has 22 heavy (non-hydrogen) atoms. The number of hydrogen-bond acceptors (Lipinski definition) is 6. The summed E-state index contributed by atoms with van der Waals surface area (Å²) in [6.45, 7) is 0. The summed E-state index contributed by atoms with van der Waals surface area (Å²) in [5.41, 5.74) is 1.40. The number of anilines is 3. The van der Waals surface area contributed by atoms with Crippen molar-refractivity contribution in [3.05, 3.63) is 35.7 Å². The van der Waals surface area contributed by atoms with Crippen LogP contribution in [0.3, 0.4) is 0 Å². The van der Waals surface area contributed by atoms with Gasteiger partial charge in [0.05, 0.1) is 16.3 Å². The van der Waals surface area contributed by atoms with Crippen LogP contribution in [0.2, 0.25) is 5.15 Å². The van der Waals surface area contributed by atoms with Crippen LogP contribution in [0.25, 0.3) is 0 Å². The molecule has 0 saturated carbocycles. The van der Waals surface area contributed by atoms with E-state index in [-0.39, 0.29) is 4.90 Å². The number of hydrogen-bond donors (Lipinski definition) is 2. The summed E-state index contributed by atoms with van der Waals surface area (Å²) in [4.78, 5) is 9.88. The van der Waals surface area contributed by atoms with E-state index in [1.54, 1.807) is 18.2 Å². The smallest absolute Gasteiger partial charge is 0.240 e. The second-order valence-electron chi connectivity index (χ2n) is 4.63. The second kappa shape index (κ2) is 6.47. The zero-order valence-electron chi connectivity index (χ0n) is 12.3. The first-order valence-electron chi connectivity index (χ1n) is 6.33. The molecule has 0 bridgehead atoms. The average molecular weight is 342 g/mol. The van der Waals surface area contributed by atoms with Crippen LogP contribution in [-0.2, 0) is 10.0 Å². The first kappa shape index (κ1) is 16.5. The highest BCUT2D eigenvalue weighted by Crippen LogP contribution is 2.30. The van der Waals surface area contributed by atoms with Gasteiger partial charge >= 0.3 is 0 Å². The van der Waals surface area contributed by atoms with Crippen molar-refractivity contribution in [2.75, 3.05) is 31.4 Å². The summed E-state index contributed by atoms with van der Waals surface area (Å²) in [6, 6.07) is 6.35. The van der Waals surface area contributed by atoms with Crippen molar-refractivity contribution in [1.82, 2.24) is 14.7 Å². The van der Waals surface area contributed by atoms with E-state index in [2.05, 4.69) is 20.0 Å². The van der Waals surface area contributed by atoms with Crippen LogP contribution in [0, 0.1) is 0 Å². The fourth-order valence-corrected chi connectivity index (χ4v) is 2.73. The van der Waals surface area contributed by atoms with Gasteiger partial charge in [0, 0.05) is 20.2 Å².